The third-order valence-electron chi connectivity index (χ3n) is 4.65. The van der Waals surface area contributed by atoms with Gasteiger partial charge in [-0.15, -0.1) is 0 Å². The molecule has 0 spiro atoms. The van der Waals surface area contributed by atoms with Crippen LogP contribution in [0, 0.1) is 0 Å². The zero-order valence-electron chi connectivity index (χ0n) is 14.2. The Labute approximate surface area is 148 Å². The van der Waals surface area contributed by atoms with Crippen LogP contribution in [0.5, 0.6) is 11.5 Å². The summed E-state index contributed by atoms with van der Waals surface area (Å²) in [5, 5.41) is 0. The van der Waals surface area contributed by atoms with Gasteiger partial charge in [0.05, 0.1) is 0 Å². The Morgan fingerprint density at radius 1 is 0.920 bits per heavy atom. The number of nitrogens with two attached hydrogens (primary N) is 1. The highest BCUT2D eigenvalue weighted by Gasteiger charge is 2.20. The van der Waals surface area contributed by atoms with Gasteiger partial charge in [0.2, 0.25) is 0 Å². The second-order valence-corrected chi connectivity index (χ2v) is 6.29. The molecule has 0 saturated carbocycles. The van der Waals surface area contributed by atoms with Gasteiger partial charge in [0.25, 0.3) is 0 Å². The van der Waals surface area contributed by atoms with Crippen LogP contribution >= 0.6 is 0 Å². The summed E-state index contributed by atoms with van der Waals surface area (Å²) < 4.78 is 11.7. The molecule has 5 nitrogen and oxygen atoms in total. The van der Waals surface area contributed by atoms with Crippen molar-refractivity contribution in [3.8, 4) is 11.5 Å². The molecule has 0 atom stereocenters. The van der Waals surface area contributed by atoms with Gasteiger partial charge in [0.15, 0.2) is 17.3 Å². The molecule has 2 N–H and O–H groups in total. The first-order valence-electron chi connectivity index (χ1n) is 8.71. The summed E-state index contributed by atoms with van der Waals surface area (Å²) in [7, 11) is 0. The molecule has 1 fully saturated rings. The summed E-state index contributed by atoms with van der Waals surface area (Å²) in [5.74, 6) is 2.45. The molecule has 0 aliphatic carbocycles. The number of anilines is 1. The number of para-hydroxylation sites is 3. The lowest BCUT2D eigenvalue weighted by atomic mass is 10.1. The number of hydrogen-bond acceptors (Lipinski definition) is 5. The van der Waals surface area contributed by atoms with Crippen LogP contribution in [0.4, 0.5) is 5.69 Å². The molecule has 2 aromatic rings. The van der Waals surface area contributed by atoms with Crippen LogP contribution in [0.1, 0.15) is 5.56 Å². The maximum absolute atomic E-state index is 5.95. The van der Waals surface area contributed by atoms with Crippen molar-refractivity contribution in [2.24, 2.45) is 5.73 Å². The molecular formula is C20H23N3O2. The van der Waals surface area contributed by atoms with Crippen molar-refractivity contribution in [2.75, 3.05) is 37.7 Å². The van der Waals surface area contributed by atoms with Crippen LogP contribution in [0.3, 0.4) is 0 Å². The Morgan fingerprint density at radius 3 is 2.44 bits per heavy atom. The van der Waals surface area contributed by atoms with Gasteiger partial charge in [0, 0.05) is 44.6 Å². The third-order valence-corrected chi connectivity index (χ3v) is 4.65. The normalized spacial score (nSPS) is 18.5. The Kier molecular flexibility index (Phi) is 4.48. The van der Waals surface area contributed by atoms with Crippen LogP contribution in [-0.2, 0) is 6.54 Å². The molecule has 1 saturated heterocycles. The molecule has 2 aliphatic rings. The smallest absolute Gasteiger partial charge is 0.169 e. The van der Waals surface area contributed by atoms with Crippen LogP contribution < -0.4 is 20.1 Å². The molecule has 2 aliphatic heterocycles. The molecule has 0 unspecified atom stereocenters. The zero-order chi connectivity index (χ0) is 17.1. The maximum atomic E-state index is 5.95. The zero-order valence-corrected chi connectivity index (χ0v) is 14.2. The number of hydrogen-bond donors (Lipinski definition) is 1. The number of nitrogens with zero attached hydrogens (tertiary/aromatic N) is 2. The minimum absolute atomic E-state index is 0.479. The summed E-state index contributed by atoms with van der Waals surface area (Å²) in [6.45, 7) is 4.90. The molecule has 5 heteroatoms. The lowest BCUT2D eigenvalue weighted by molar-refractivity contribution is 0.220. The van der Waals surface area contributed by atoms with E-state index in [2.05, 4.69) is 34.2 Å². The van der Waals surface area contributed by atoms with Crippen LogP contribution in [0.2, 0.25) is 0 Å². The molecule has 130 valence electrons. The van der Waals surface area contributed by atoms with E-state index in [0.717, 1.165) is 43.4 Å². The first kappa shape index (κ1) is 15.8. The highest BCUT2D eigenvalue weighted by Crippen LogP contribution is 2.32. The topological polar surface area (TPSA) is 51.0 Å². The predicted octanol–water partition coefficient (Wildman–Crippen LogP) is 2.58. The molecule has 0 bridgehead atoms. The number of piperazine rings is 1. The Morgan fingerprint density at radius 2 is 1.64 bits per heavy atom. The number of fused-ring (bicyclic) bond motifs is 1. The molecule has 0 radical (unpaired) electrons. The highest BCUT2D eigenvalue weighted by molar-refractivity contribution is 5.54. The summed E-state index contributed by atoms with van der Waals surface area (Å²) in [4.78, 5) is 4.71. The predicted molar refractivity (Wildman–Crippen MR) is 98.8 cm³/mol. The lowest BCUT2D eigenvalue weighted by Gasteiger charge is -2.37. The monoisotopic (exact) mass is 337 g/mol. The lowest BCUT2D eigenvalue weighted by Crippen LogP contribution is -2.45. The third kappa shape index (κ3) is 3.42. The largest absolute Gasteiger partial charge is 0.482 e. The molecule has 2 heterocycles. The summed E-state index contributed by atoms with van der Waals surface area (Å²) in [5.41, 5.74) is 8.33. The maximum Gasteiger partial charge on any atom is 0.169 e. The van der Waals surface area contributed by atoms with Crippen LogP contribution in [-0.4, -0.2) is 37.7 Å². The van der Waals surface area contributed by atoms with Gasteiger partial charge >= 0.3 is 0 Å². The van der Waals surface area contributed by atoms with E-state index in [-0.39, 0.29) is 0 Å². The second kappa shape index (κ2) is 7.07. The second-order valence-electron chi connectivity index (χ2n) is 6.29. The fraction of sp³-hybridized carbons (Fsp3) is 0.300. The standard InChI is InChI=1S/C20H23N3O2/c21-13-16-5-1-2-6-18(16)23-11-9-22(10-12-23)14-17-15-24-19-7-3-4-8-20(19)25-17/h1-8,14H,9-13,15,21H2. The fourth-order valence-corrected chi connectivity index (χ4v) is 3.32. The van der Waals surface area contributed by atoms with E-state index in [1.165, 1.54) is 11.3 Å². The quantitative estimate of drug-likeness (QED) is 0.933. The minimum atomic E-state index is 0.479. The Bertz CT molecular complexity index is 767. The molecular weight excluding hydrogens is 314 g/mol. The van der Waals surface area contributed by atoms with Gasteiger partial charge in [-0.25, -0.2) is 0 Å². The first-order valence-corrected chi connectivity index (χ1v) is 8.71. The minimum Gasteiger partial charge on any atom is -0.482 e. The SMILES string of the molecule is NCc1ccccc1N1CCN(C=C2COc3ccccc3O2)CC1. The van der Waals surface area contributed by atoms with Crippen molar-refractivity contribution >= 4 is 5.69 Å². The van der Waals surface area contributed by atoms with Gasteiger partial charge in [-0.2, -0.15) is 0 Å². The molecule has 25 heavy (non-hydrogen) atoms. The van der Waals surface area contributed by atoms with E-state index in [4.69, 9.17) is 15.2 Å². The van der Waals surface area contributed by atoms with Crippen molar-refractivity contribution in [1.82, 2.24) is 4.90 Å². The summed E-state index contributed by atoms with van der Waals surface area (Å²) in [6, 6.07) is 16.2. The van der Waals surface area contributed by atoms with Crippen molar-refractivity contribution in [2.45, 2.75) is 6.54 Å². The number of ether oxygens (including phenoxy) is 2. The van der Waals surface area contributed by atoms with Crippen molar-refractivity contribution in [3.63, 3.8) is 0 Å². The van der Waals surface area contributed by atoms with E-state index in [1.807, 2.05) is 30.3 Å². The molecule has 4 rings (SSSR count). The highest BCUT2D eigenvalue weighted by atomic mass is 16.6. The van der Waals surface area contributed by atoms with Gasteiger partial charge in [-0.1, -0.05) is 30.3 Å². The molecule has 0 aromatic heterocycles. The van der Waals surface area contributed by atoms with Crippen molar-refractivity contribution < 1.29 is 9.47 Å². The van der Waals surface area contributed by atoms with Gasteiger partial charge in [0.1, 0.15) is 6.61 Å². The fourth-order valence-electron chi connectivity index (χ4n) is 3.32. The van der Waals surface area contributed by atoms with Gasteiger partial charge in [-0.05, 0) is 23.8 Å². The van der Waals surface area contributed by atoms with Crippen LogP contribution in [0.15, 0.2) is 60.5 Å². The first-order chi connectivity index (χ1) is 12.3. The van der Waals surface area contributed by atoms with Gasteiger partial charge in [-0.3, -0.25) is 0 Å². The molecule has 0 amide bonds. The Balaban J connectivity index is 1.39. The van der Waals surface area contributed by atoms with E-state index >= 15 is 0 Å². The van der Waals surface area contributed by atoms with E-state index in [9.17, 15) is 0 Å². The van der Waals surface area contributed by atoms with Gasteiger partial charge < -0.3 is 25.0 Å². The van der Waals surface area contributed by atoms with Crippen molar-refractivity contribution in [1.29, 1.82) is 0 Å². The number of rotatable bonds is 3. The van der Waals surface area contributed by atoms with Crippen molar-refractivity contribution in [3.05, 3.63) is 66.1 Å². The summed E-state index contributed by atoms with van der Waals surface area (Å²) in [6.07, 6.45) is 2.09. The average Bonchev–Trinajstić information content (AvgIpc) is 2.68. The molecule has 2 aromatic carbocycles. The van der Waals surface area contributed by atoms with E-state index in [1.54, 1.807) is 0 Å². The average molecular weight is 337 g/mol. The Hall–Kier alpha value is -2.66. The van der Waals surface area contributed by atoms with E-state index < -0.39 is 0 Å². The number of benzene rings is 2. The summed E-state index contributed by atoms with van der Waals surface area (Å²) >= 11 is 0. The van der Waals surface area contributed by atoms with E-state index in [0.29, 0.717) is 13.2 Å². The van der Waals surface area contributed by atoms with Crippen LogP contribution in [0.25, 0.3) is 0 Å².